The molecule has 0 N–H and O–H groups in total. The second-order valence-corrected chi connectivity index (χ2v) is 2.24. The summed E-state index contributed by atoms with van der Waals surface area (Å²) in [6.07, 6.45) is 6.91. The first-order chi connectivity index (χ1) is 4.34. The van der Waals surface area contributed by atoms with Crippen LogP contribution in [0.5, 0.6) is 0 Å². The third-order valence-corrected chi connectivity index (χ3v) is 1.59. The standard InChI is InChI=1S/C7H12N2/c1-3-7-6-8-4-5-9(7)2/h4-7H,3H2,1-2H3. The van der Waals surface area contributed by atoms with E-state index in [1.807, 2.05) is 18.6 Å². The molecule has 1 atom stereocenters. The van der Waals surface area contributed by atoms with Gasteiger partial charge in [0.05, 0.1) is 6.04 Å². The fourth-order valence-electron chi connectivity index (χ4n) is 0.902. The van der Waals surface area contributed by atoms with Crippen molar-refractivity contribution in [3.05, 3.63) is 12.4 Å². The van der Waals surface area contributed by atoms with Gasteiger partial charge in [0, 0.05) is 25.7 Å². The molecule has 1 heterocycles. The van der Waals surface area contributed by atoms with E-state index in [2.05, 4.69) is 23.9 Å². The molecule has 1 aliphatic rings. The monoisotopic (exact) mass is 124 g/mol. The predicted octanol–water partition coefficient (Wildman–Crippen LogP) is 1.25. The van der Waals surface area contributed by atoms with Crippen LogP contribution in [-0.2, 0) is 0 Å². The van der Waals surface area contributed by atoms with Crippen molar-refractivity contribution in [3.63, 3.8) is 0 Å². The molecule has 0 saturated carbocycles. The van der Waals surface area contributed by atoms with Gasteiger partial charge in [0.15, 0.2) is 0 Å². The highest BCUT2D eigenvalue weighted by Gasteiger charge is 2.06. The van der Waals surface area contributed by atoms with Crippen molar-refractivity contribution in [1.82, 2.24) is 4.90 Å². The molecule has 0 aliphatic carbocycles. The lowest BCUT2D eigenvalue weighted by atomic mass is 10.2. The number of nitrogens with zero attached hydrogens (tertiary/aromatic N) is 2. The van der Waals surface area contributed by atoms with Crippen LogP contribution in [0.2, 0.25) is 0 Å². The highest BCUT2D eigenvalue weighted by molar-refractivity contribution is 5.66. The van der Waals surface area contributed by atoms with Crippen LogP contribution in [0.15, 0.2) is 17.4 Å². The molecule has 0 aromatic rings. The van der Waals surface area contributed by atoms with Gasteiger partial charge in [0.25, 0.3) is 0 Å². The van der Waals surface area contributed by atoms with Gasteiger partial charge in [-0.05, 0) is 6.42 Å². The van der Waals surface area contributed by atoms with Crippen molar-refractivity contribution in [1.29, 1.82) is 0 Å². The summed E-state index contributed by atoms with van der Waals surface area (Å²) in [7, 11) is 2.07. The zero-order valence-electron chi connectivity index (χ0n) is 5.91. The van der Waals surface area contributed by atoms with Crippen LogP contribution in [-0.4, -0.2) is 24.2 Å². The van der Waals surface area contributed by atoms with E-state index in [0.29, 0.717) is 6.04 Å². The molecular formula is C7H12N2. The van der Waals surface area contributed by atoms with Gasteiger partial charge in [-0.1, -0.05) is 6.92 Å². The van der Waals surface area contributed by atoms with Gasteiger partial charge < -0.3 is 4.90 Å². The smallest absolute Gasteiger partial charge is 0.0633 e. The average Bonchev–Trinajstić information content (AvgIpc) is 1.89. The van der Waals surface area contributed by atoms with E-state index >= 15 is 0 Å². The Hall–Kier alpha value is -0.790. The van der Waals surface area contributed by atoms with Crippen LogP contribution in [0.3, 0.4) is 0 Å². The molecule has 0 spiro atoms. The second kappa shape index (κ2) is 2.67. The van der Waals surface area contributed by atoms with Crippen LogP contribution in [0.4, 0.5) is 0 Å². The van der Waals surface area contributed by atoms with Gasteiger partial charge >= 0.3 is 0 Å². The minimum Gasteiger partial charge on any atom is -0.371 e. The Bertz CT molecular complexity index is 138. The fourth-order valence-corrected chi connectivity index (χ4v) is 0.902. The second-order valence-electron chi connectivity index (χ2n) is 2.24. The fraction of sp³-hybridized carbons (Fsp3) is 0.571. The Morgan fingerprint density at radius 3 is 2.89 bits per heavy atom. The van der Waals surface area contributed by atoms with Crippen molar-refractivity contribution in [2.24, 2.45) is 4.99 Å². The Labute approximate surface area is 55.9 Å². The first-order valence-corrected chi connectivity index (χ1v) is 3.26. The molecule has 0 aromatic heterocycles. The third-order valence-electron chi connectivity index (χ3n) is 1.59. The number of hydrogen-bond donors (Lipinski definition) is 0. The molecule has 1 unspecified atom stereocenters. The summed E-state index contributed by atoms with van der Waals surface area (Å²) in [5, 5.41) is 0. The molecule has 0 radical (unpaired) electrons. The van der Waals surface area contributed by atoms with Crippen LogP contribution >= 0.6 is 0 Å². The molecule has 0 bridgehead atoms. The highest BCUT2D eigenvalue weighted by Crippen LogP contribution is 2.03. The van der Waals surface area contributed by atoms with Crippen molar-refractivity contribution in [3.8, 4) is 0 Å². The number of aliphatic imine (C=N–C) groups is 1. The molecule has 50 valence electrons. The molecule has 1 rings (SSSR count). The molecule has 0 saturated heterocycles. The molecule has 1 aliphatic heterocycles. The van der Waals surface area contributed by atoms with E-state index in [1.165, 1.54) is 0 Å². The van der Waals surface area contributed by atoms with Crippen molar-refractivity contribution < 1.29 is 0 Å². The summed E-state index contributed by atoms with van der Waals surface area (Å²) in [4.78, 5) is 6.19. The van der Waals surface area contributed by atoms with Gasteiger partial charge in [-0.3, -0.25) is 4.99 Å². The third kappa shape index (κ3) is 1.31. The first-order valence-electron chi connectivity index (χ1n) is 3.26. The summed E-state index contributed by atoms with van der Waals surface area (Å²) in [5.41, 5.74) is 0. The number of hydrogen-bond acceptors (Lipinski definition) is 2. The lowest BCUT2D eigenvalue weighted by Gasteiger charge is -2.23. The van der Waals surface area contributed by atoms with Crippen molar-refractivity contribution in [2.75, 3.05) is 7.05 Å². The van der Waals surface area contributed by atoms with Gasteiger partial charge in [0.2, 0.25) is 0 Å². The molecule has 0 aromatic carbocycles. The molecular weight excluding hydrogens is 112 g/mol. The van der Waals surface area contributed by atoms with Crippen LogP contribution in [0.25, 0.3) is 0 Å². The van der Waals surface area contributed by atoms with Gasteiger partial charge in [-0.25, -0.2) is 0 Å². The van der Waals surface area contributed by atoms with Crippen LogP contribution in [0, 0.1) is 0 Å². The van der Waals surface area contributed by atoms with E-state index in [1.54, 1.807) is 0 Å². The quantitative estimate of drug-likeness (QED) is 0.513. The lowest BCUT2D eigenvalue weighted by Crippen LogP contribution is -2.29. The maximum Gasteiger partial charge on any atom is 0.0633 e. The molecule has 0 fully saturated rings. The summed E-state index contributed by atoms with van der Waals surface area (Å²) in [5.74, 6) is 0. The van der Waals surface area contributed by atoms with E-state index in [4.69, 9.17) is 0 Å². The Kier molecular flexibility index (Phi) is 1.88. The minimum atomic E-state index is 0.509. The van der Waals surface area contributed by atoms with Crippen molar-refractivity contribution in [2.45, 2.75) is 19.4 Å². The van der Waals surface area contributed by atoms with E-state index in [-0.39, 0.29) is 0 Å². The van der Waals surface area contributed by atoms with Gasteiger partial charge in [-0.15, -0.1) is 0 Å². The predicted molar refractivity (Wildman–Crippen MR) is 39.5 cm³/mol. The van der Waals surface area contributed by atoms with Crippen LogP contribution in [0.1, 0.15) is 13.3 Å². The summed E-state index contributed by atoms with van der Waals surface area (Å²) in [6, 6.07) is 0.509. The van der Waals surface area contributed by atoms with Crippen LogP contribution < -0.4 is 0 Å². The molecule has 2 heteroatoms. The summed E-state index contributed by atoms with van der Waals surface area (Å²) in [6.45, 7) is 2.16. The Morgan fingerprint density at radius 1 is 1.67 bits per heavy atom. The topological polar surface area (TPSA) is 15.6 Å². The summed E-state index contributed by atoms with van der Waals surface area (Å²) < 4.78 is 0. The highest BCUT2D eigenvalue weighted by atomic mass is 15.1. The number of rotatable bonds is 1. The first kappa shape index (κ1) is 6.33. The van der Waals surface area contributed by atoms with Gasteiger partial charge in [-0.2, -0.15) is 0 Å². The summed E-state index contributed by atoms with van der Waals surface area (Å²) >= 11 is 0. The Balaban J connectivity index is 2.55. The average molecular weight is 124 g/mol. The molecule has 0 amide bonds. The molecule has 9 heavy (non-hydrogen) atoms. The zero-order valence-corrected chi connectivity index (χ0v) is 5.91. The SMILES string of the molecule is CCC1C=NC=CN1C. The molecule has 2 nitrogen and oxygen atoms in total. The van der Waals surface area contributed by atoms with Crippen molar-refractivity contribution >= 4 is 6.21 Å². The largest absolute Gasteiger partial charge is 0.371 e. The zero-order chi connectivity index (χ0) is 6.69. The van der Waals surface area contributed by atoms with Gasteiger partial charge in [0.1, 0.15) is 0 Å². The van der Waals surface area contributed by atoms with E-state index in [9.17, 15) is 0 Å². The maximum atomic E-state index is 4.03. The maximum absolute atomic E-state index is 4.03. The van der Waals surface area contributed by atoms with E-state index < -0.39 is 0 Å². The normalized spacial score (nSPS) is 25.1. The Morgan fingerprint density at radius 2 is 2.44 bits per heavy atom. The van der Waals surface area contributed by atoms with E-state index in [0.717, 1.165) is 6.42 Å². The minimum absolute atomic E-state index is 0.509. The lowest BCUT2D eigenvalue weighted by molar-refractivity contribution is 0.395.